The Morgan fingerprint density at radius 3 is 2.91 bits per heavy atom. The van der Waals surface area contributed by atoms with E-state index in [0.717, 1.165) is 24.1 Å². The molecular formula is C16H20FN3O2. The highest BCUT2D eigenvalue weighted by molar-refractivity contribution is 5.72. The Bertz CT molecular complexity index is 642. The maximum atomic E-state index is 13.2. The lowest BCUT2D eigenvalue weighted by Gasteiger charge is -2.20. The van der Waals surface area contributed by atoms with Gasteiger partial charge in [0.05, 0.1) is 5.69 Å². The summed E-state index contributed by atoms with van der Waals surface area (Å²) in [6.45, 7) is 2.35. The number of hydrogen-bond donors (Lipinski definition) is 2. The second-order valence-corrected chi connectivity index (χ2v) is 5.39. The van der Waals surface area contributed by atoms with E-state index in [1.54, 1.807) is 24.9 Å². The zero-order chi connectivity index (χ0) is 16.1. The minimum absolute atomic E-state index is 0.286. The summed E-state index contributed by atoms with van der Waals surface area (Å²) in [6, 6.07) is 7.71. The summed E-state index contributed by atoms with van der Waals surface area (Å²) in [7, 11) is 1.80. The van der Waals surface area contributed by atoms with E-state index in [2.05, 4.69) is 10.2 Å². The number of nitrogens with one attached hydrogen (secondary N) is 1. The van der Waals surface area contributed by atoms with Gasteiger partial charge in [-0.25, -0.2) is 4.39 Å². The number of H-pyrrole nitrogens is 1. The molecule has 1 atom stereocenters. The van der Waals surface area contributed by atoms with E-state index < -0.39 is 12.0 Å². The van der Waals surface area contributed by atoms with Gasteiger partial charge >= 0.3 is 5.97 Å². The first-order chi connectivity index (χ1) is 10.5. The SMILES string of the molecule is C[C@H](C(=O)O)N(C)CCCc1cc(-c2cccc(F)c2)n[nH]1. The van der Waals surface area contributed by atoms with Crippen molar-refractivity contribution in [1.82, 2.24) is 15.1 Å². The average Bonchev–Trinajstić information content (AvgIpc) is 2.95. The molecule has 0 radical (unpaired) electrons. The molecule has 0 amide bonds. The Balaban J connectivity index is 1.89. The Morgan fingerprint density at radius 1 is 1.45 bits per heavy atom. The molecule has 2 aromatic rings. The Labute approximate surface area is 128 Å². The summed E-state index contributed by atoms with van der Waals surface area (Å²) >= 11 is 0. The maximum absolute atomic E-state index is 13.2. The zero-order valence-corrected chi connectivity index (χ0v) is 12.7. The van der Waals surface area contributed by atoms with Crippen molar-refractivity contribution in [1.29, 1.82) is 0 Å². The lowest BCUT2D eigenvalue weighted by atomic mass is 10.1. The molecule has 0 aliphatic heterocycles. The topological polar surface area (TPSA) is 69.2 Å². The van der Waals surface area contributed by atoms with Crippen LogP contribution in [0.5, 0.6) is 0 Å². The van der Waals surface area contributed by atoms with Gasteiger partial charge in [0.1, 0.15) is 11.9 Å². The largest absolute Gasteiger partial charge is 0.480 e. The Hall–Kier alpha value is -2.21. The minimum atomic E-state index is -0.822. The number of benzene rings is 1. The number of nitrogens with zero attached hydrogens (tertiary/aromatic N) is 2. The van der Waals surface area contributed by atoms with Crippen molar-refractivity contribution in [3.05, 3.63) is 41.8 Å². The smallest absolute Gasteiger partial charge is 0.320 e. The third-order valence-corrected chi connectivity index (χ3v) is 3.73. The fourth-order valence-corrected chi connectivity index (χ4v) is 2.19. The third-order valence-electron chi connectivity index (χ3n) is 3.73. The number of aromatic nitrogens is 2. The average molecular weight is 305 g/mol. The van der Waals surface area contributed by atoms with Crippen LogP contribution in [0.2, 0.25) is 0 Å². The molecule has 0 bridgehead atoms. The van der Waals surface area contributed by atoms with Crippen LogP contribution < -0.4 is 0 Å². The summed E-state index contributed by atoms with van der Waals surface area (Å²) in [5, 5.41) is 16.1. The van der Waals surface area contributed by atoms with E-state index in [1.807, 2.05) is 12.1 Å². The van der Waals surface area contributed by atoms with Crippen molar-refractivity contribution >= 4 is 5.97 Å². The van der Waals surface area contributed by atoms with Crippen LogP contribution in [0.25, 0.3) is 11.3 Å². The first-order valence-corrected chi connectivity index (χ1v) is 7.20. The van der Waals surface area contributed by atoms with Crippen LogP contribution in [-0.4, -0.2) is 45.8 Å². The van der Waals surface area contributed by atoms with Gasteiger partial charge in [0.2, 0.25) is 0 Å². The quantitative estimate of drug-likeness (QED) is 0.825. The molecule has 5 nitrogen and oxygen atoms in total. The van der Waals surface area contributed by atoms with E-state index in [4.69, 9.17) is 5.11 Å². The zero-order valence-electron chi connectivity index (χ0n) is 12.7. The molecule has 2 N–H and O–H groups in total. The van der Waals surface area contributed by atoms with Crippen LogP contribution in [-0.2, 0) is 11.2 Å². The van der Waals surface area contributed by atoms with Crippen LogP contribution in [0.15, 0.2) is 30.3 Å². The Kier molecular flexibility index (Phi) is 5.27. The van der Waals surface area contributed by atoms with Crippen molar-refractivity contribution in [2.24, 2.45) is 0 Å². The lowest BCUT2D eigenvalue weighted by Crippen LogP contribution is -2.36. The summed E-state index contributed by atoms with van der Waals surface area (Å²) in [5.74, 6) is -1.11. The predicted molar refractivity (Wildman–Crippen MR) is 82.0 cm³/mol. The molecule has 0 saturated carbocycles. The molecule has 22 heavy (non-hydrogen) atoms. The van der Waals surface area contributed by atoms with E-state index >= 15 is 0 Å². The lowest BCUT2D eigenvalue weighted by molar-refractivity contribution is -0.142. The van der Waals surface area contributed by atoms with Gasteiger partial charge in [0, 0.05) is 11.3 Å². The Morgan fingerprint density at radius 2 is 2.23 bits per heavy atom. The highest BCUT2D eigenvalue weighted by Crippen LogP contribution is 2.19. The summed E-state index contributed by atoms with van der Waals surface area (Å²) in [6.07, 6.45) is 1.58. The third kappa shape index (κ3) is 4.14. The molecule has 1 heterocycles. The van der Waals surface area contributed by atoms with Gasteiger partial charge in [-0.05, 0) is 51.6 Å². The second kappa shape index (κ2) is 7.17. The predicted octanol–water partition coefficient (Wildman–Crippen LogP) is 2.55. The first-order valence-electron chi connectivity index (χ1n) is 7.20. The van der Waals surface area contributed by atoms with Gasteiger partial charge in [-0.2, -0.15) is 5.10 Å². The molecule has 1 aromatic heterocycles. The highest BCUT2D eigenvalue weighted by atomic mass is 19.1. The van der Waals surface area contributed by atoms with E-state index in [0.29, 0.717) is 12.2 Å². The van der Waals surface area contributed by atoms with Gasteiger partial charge in [-0.3, -0.25) is 14.8 Å². The number of aromatic amines is 1. The number of aryl methyl sites for hydroxylation is 1. The van der Waals surface area contributed by atoms with Gasteiger partial charge in [0.25, 0.3) is 0 Å². The number of aliphatic carboxylic acids is 1. The molecule has 6 heteroatoms. The van der Waals surface area contributed by atoms with Crippen LogP contribution in [0.1, 0.15) is 19.0 Å². The molecular weight excluding hydrogens is 285 g/mol. The van der Waals surface area contributed by atoms with Gasteiger partial charge in [-0.1, -0.05) is 12.1 Å². The van der Waals surface area contributed by atoms with E-state index in [-0.39, 0.29) is 5.82 Å². The summed E-state index contributed by atoms with van der Waals surface area (Å²) in [4.78, 5) is 12.7. The van der Waals surface area contributed by atoms with E-state index in [1.165, 1.54) is 12.1 Å². The molecule has 0 saturated heterocycles. The molecule has 1 aromatic carbocycles. The van der Waals surface area contributed by atoms with Gasteiger partial charge < -0.3 is 5.11 Å². The standard InChI is InChI=1S/C16H20FN3O2/c1-11(16(21)22)20(2)8-4-7-14-10-15(19-18-14)12-5-3-6-13(17)9-12/h3,5-6,9-11H,4,7-8H2,1-2H3,(H,18,19)(H,21,22)/t11-/m1/s1. The number of hydrogen-bond acceptors (Lipinski definition) is 3. The molecule has 2 rings (SSSR count). The van der Waals surface area contributed by atoms with Crippen LogP contribution >= 0.6 is 0 Å². The fraction of sp³-hybridized carbons (Fsp3) is 0.375. The van der Waals surface area contributed by atoms with Crippen LogP contribution in [0, 0.1) is 5.82 Å². The fourth-order valence-electron chi connectivity index (χ4n) is 2.19. The van der Waals surface area contributed by atoms with Crippen LogP contribution in [0.4, 0.5) is 4.39 Å². The number of carbonyl (C=O) groups is 1. The number of halogens is 1. The van der Waals surface area contributed by atoms with Crippen molar-refractivity contribution in [2.75, 3.05) is 13.6 Å². The van der Waals surface area contributed by atoms with Crippen molar-refractivity contribution in [3.63, 3.8) is 0 Å². The van der Waals surface area contributed by atoms with Gasteiger partial charge in [0.15, 0.2) is 0 Å². The van der Waals surface area contributed by atoms with Gasteiger partial charge in [-0.15, -0.1) is 0 Å². The molecule has 0 aliphatic carbocycles. The summed E-state index contributed by atoms with van der Waals surface area (Å²) < 4.78 is 13.2. The summed E-state index contributed by atoms with van der Waals surface area (Å²) in [5.41, 5.74) is 2.40. The highest BCUT2D eigenvalue weighted by Gasteiger charge is 2.16. The number of rotatable bonds is 7. The van der Waals surface area contributed by atoms with Crippen molar-refractivity contribution < 1.29 is 14.3 Å². The molecule has 0 spiro atoms. The number of likely N-dealkylation sites (N-methyl/N-ethyl adjacent to an activating group) is 1. The van der Waals surface area contributed by atoms with Crippen LogP contribution in [0.3, 0.4) is 0 Å². The van der Waals surface area contributed by atoms with E-state index in [9.17, 15) is 9.18 Å². The number of carboxylic acid groups (broad SMARTS) is 1. The molecule has 0 aliphatic rings. The second-order valence-electron chi connectivity index (χ2n) is 5.39. The number of carboxylic acids is 1. The van der Waals surface area contributed by atoms with Crippen molar-refractivity contribution in [3.8, 4) is 11.3 Å². The maximum Gasteiger partial charge on any atom is 0.320 e. The van der Waals surface area contributed by atoms with Crippen molar-refractivity contribution in [2.45, 2.75) is 25.8 Å². The molecule has 0 fully saturated rings. The minimum Gasteiger partial charge on any atom is -0.480 e. The molecule has 0 unspecified atom stereocenters. The molecule has 118 valence electrons. The normalized spacial score (nSPS) is 12.5. The monoisotopic (exact) mass is 305 g/mol. The first kappa shape index (κ1) is 16.2.